The minimum atomic E-state index is -0.253. The Bertz CT molecular complexity index is 459. The van der Waals surface area contributed by atoms with Crippen LogP contribution in [0, 0.1) is 5.92 Å². The number of H-pyrrole nitrogens is 1. The van der Waals surface area contributed by atoms with Gasteiger partial charge in [0.25, 0.3) is 5.56 Å². The van der Waals surface area contributed by atoms with Gasteiger partial charge in [-0.1, -0.05) is 6.92 Å². The maximum Gasteiger partial charge on any atom is 0.276 e. The molecule has 1 aromatic rings. The number of nitrogens with two attached hydrogens (primary N) is 1. The van der Waals surface area contributed by atoms with Gasteiger partial charge >= 0.3 is 0 Å². The summed E-state index contributed by atoms with van der Waals surface area (Å²) in [7, 11) is 0. The Morgan fingerprint density at radius 2 is 2.47 bits per heavy atom. The van der Waals surface area contributed by atoms with Gasteiger partial charge in [-0.25, -0.2) is 4.98 Å². The predicted octanol–water partition coefficient (Wildman–Crippen LogP) is 0.568. The SMILES string of the molecule is CCCNCC1CCCN(c2nc[nH]c(=O)c2N)C1. The number of hydrogen-bond donors (Lipinski definition) is 3. The number of nitrogens with one attached hydrogen (secondary N) is 2. The zero-order chi connectivity index (χ0) is 13.7. The third-order valence-corrected chi connectivity index (χ3v) is 3.55. The van der Waals surface area contributed by atoms with E-state index in [2.05, 4.69) is 27.1 Å². The van der Waals surface area contributed by atoms with E-state index in [1.54, 1.807) is 0 Å². The summed E-state index contributed by atoms with van der Waals surface area (Å²) >= 11 is 0. The molecule has 1 aliphatic rings. The summed E-state index contributed by atoms with van der Waals surface area (Å²) in [5, 5.41) is 3.46. The summed E-state index contributed by atoms with van der Waals surface area (Å²) in [6.07, 6.45) is 4.91. The summed E-state index contributed by atoms with van der Waals surface area (Å²) < 4.78 is 0. The molecule has 0 aliphatic carbocycles. The van der Waals surface area contributed by atoms with Crippen LogP contribution in [0.1, 0.15) is 26.2 Å². The molecular formula is C13H23N5O. The largest absolute Gasteiger partial charge is 0.391 e. The Morgan fingerprint density at radius 1 is 1.63 bits per heavy atom. The van der Waals surface area contributed by atoms with Crippen LogP contribution in [-0.4, -0.2) is 36.1 Å². The van der Waals surface area contributed by atoms with Crippen molar-refractivity contribution in [3.05, 3.63) is 16.7 Å². The van der Waals surface area contributed by atoms with Crippen molar-refractivity contribution in [1.82, 2.24) is 15.3 Å². The second-order valence-corrected chi connectivity index (χ2v) is 5.13. The van der Waals surface area contributed by atoms with E-state index in [0.29, 0.717) is 11.7 Å². The number of rotatable bonds is 5. The van der Waals surface area contributed by atoms with Crippen molar-refractivity contribution in [1.29, 1.82) is 0 Å². The molecule has 0 aromatic carbocycles. The Kier molecular flexibility index (Phi) is 4.79. The smallest absolute Gasteiger partial charge is 0.276 e. The highest BCUT2D eigenvalue weighted by atomic mass is 16.1. The van der Waals surface area contributed by atoms with Crippen LogP contribution in [0.15, 0.2) is 11.1 Å². The van der Waals surface area contributed by atoms with Gasteiger partial charge in [0.15, 0.2) is 5.82 Å². The molecule has 19 heavy (non-hydrogen) atoms. The molecule has 1 atom stereocenters. The van der Waals surface area contributed by atoms with Gasteiger partial charge < -0.3 is 20.9 Å². The van der Waals surface area contributed by atoms with E-state index in [9.17, 15) is 4.79 Å². The van der Waals surface area contributed by atoms with Crippen molar-refractivity contribution in [2.45, 2.75) is 26.2 Å². The molecule has 1 aliphatic heterocycles. The van der Waals surface area contributed by atoms with Gasteiger partial charge in [-0.15, -0.1) is 0 Å². The maximum atomic E-state index is 11.5. The van der Waals surface area contributed by atoms with Crippen molar-refractivity contribution < 1.29 is 0 Å². The first-order chi connectivity index (χ1) is 9.22. The molecule has 0 bridgehead atoms. The molecule has 1 saturated heterocycles. The van der Waals surface area contributed by atoms with Gasteiger partial charge in [-0.3, -0.25) is 4.79 Å². The highest BCUT2D eigenvalue weighted by Crippen LogP contribution is 2.23. The second kappa shape index (κ2) is 6.56. The fraction of sp³-hybridized carbons (Fsp3) is 0.692. The molecule has 0 amide bonds. The van der Waals surface area contributed by atoms with Crippen molar-refractivity contribution in [2.24, 2.45) is 5.92 Å². The number of anilines is 2. The molecule has 1 unspecified atom stereocenters. The van der Waals surface area contributed by atoms with Crippen molar-refractivity contribution >= 4 is 11.5 Å². The van der Waals surface area contributed by atoms with Crippen LogP contribution < -0.4 is 21.5 Å². The Hall–Kier alpha value is -1.56. The van der Waals surface area contributed by atoms with Crippen molar-refractivity contribution in [3.63, 3.8) is 0 Å². The van der Waals surface area contributed by atoms with Gasteiger partial charge in [0, 0.05) is 13.1 Å². The fourth-order valence-corrected chi connectivity index (χ4v) is 2.56. The van der Waals surface area contributed by atoms with Gasteiger partial charge in [-0.2, -0.15) is 0 Å². The average molecular weight is 265 g/mol. The Balaban J connectivity index is 2.00. The van der Waals surface area contributed by atoms with Crippen LogP contribution in [0.3, 0.4) is 0 Å². The van der Waals surface area contributed by atoms with Crippen LogP contribution in [-0.2, 0) is 0 Å². The predicted molar refractivity (Wildman–Crippen MR) is 77.4 cm³/mol. The average Bonchev–Trinajstić information content (AvgIpc) is 2.43. The molecule has 1 aromatic heterocycles. The zero-order valence-corrected chi connectivity index (χ0v) is 11.5. The summed E-state index contributed by atoms with van der Waals surface area (Å²) in [4.78, 5) is 20.4. The number of aromatic amines is 1. The Morgan fingerprint density at radius 3 is 3.26 bits per heavy atom. The fourth-order valence-electron chi connectivity index (χ4n) is 2.56. The topological polar surface area (TPSA) is 87.0 Å². The lowest BCUT2D eigenvalue weighted by Gasteiger charge is -2.34. The summed E-state index contributed by atoms with van der Waals surface area (Å²) in [6.45, 7) is 6.08. The van der Waals surface area contributed by atoms with Gasteiger partial charge in [0.2, 0.25) is 0 Å². The number of aromatic nitrogens is 2. The standard InChI is InChI=1S/C13H23N5O/c1-2-5-15-7-10-4-3-6-18(8-10)12-11(14)13(19)17-9-16-12/h9-10,15H,2-8,14H2,1H3,(H,16,17,19). The van der Waals surface area contributed by atoms with E-state index >= 15 is 0 Å². The summed E-state index contributed by atoms with van der Waals surface area (Å²) in [6, 6.07) is 0. The molecule has 0 spiro atoms. The molecular weight excluding hydrogens is 242 g/mol. The second-order valence-electron chi connectivity index (χ2n) is 5.13. The molecule has 0 radical (unpaired) electrons. The van der Waals surface area contributed by atoms with Crippen molar-refractivity contribution in [2.75, 3.05) is 36.8 Å². The minimum absolute atomic E-state index is 0.227. The van der Waals surface area contributed by atoms with Gasteiger partial charge in [0.05, 0.1) is 6.33 Å². The third kappa shape index (κ3) is 3.47. The van der Waals surface area contributed by atoms with Crippen LogP contribution in [0.25, 0.3) is 0 Å². The summed E-state index contributed by atoms with van der Waals surface area (Å²) in [5.74, 6) is 1.23. The van der Waals surface area contributed by atoms with E-state index in [-0.39, 0.29) is 11.2 Å². The van der Waals surface area contributed by atoms with Crippen LogP contribution in [0.5, 0.6) is 0 Å². The summed E-state index contributed by atoms with van der Waals surface area (Å²) in [5.41, 5.74) is 5.79. The molecule has 4 N–H and O–H groups in total. The van der Waals surface area contributed by atoms with E-state index in [0.717, 1.165) is 39.0 Å². The van der Waals surface area contributed by atoms with E-state index in [1.165, 1.54) is 12.7 Å². The molecule has 6 nitrogen and oxygen atoms in total. The van der Waals surface area contributed by atoms with Crippen LogP contribution in [0.4, 0.5) is 11.5 Å². The molecule has 2 rings (SSSR count). The molecule has 106 valence electrons. The molecule has 0 saturated carbocycles. The first kappa shape index (κ1) is 13.9. The Labute approximate surface area is 113 Å². The normalized spacial score (nSPS) is 19.6. The highest BCUT2D eigenvalue weighted by molar-refractivity contribution is 5.60. The molecule has 1 fully saturated rings. The number of hydrogen-bond acceptors (Lipinski definition) is 5. The number of nitrogen functional groups attached to an aromatic ring is 1. The minimum Gasteiger partial charge on any atom is -0.391 e. The lowest BCUT2D eigenvalue weighted by Crippen LogP contribution is -2.41. The lowest BCUT2D eigenvalue weighted by atomic mass is 9.98. The van der Waals surface area contributed by atoms with Crippen LogP contribution >= 0.6 is 0 Å². The van der Waals surface area contributed by atoms with Crippen molar-refractivity contribution in [3.8, 4) is 0 Å². The molecule has 6 heteroatoms. The quantitative estimate of drug-likeness (QED) is 0.677. The van der Waals surface area contributed by atoms with Crippen LogP contribution in [0.2, 0.25) is 0 Å². The van der Waals surface area contributed by atoms with E-state index in [1.807, 2.05) is 0 Å². The van der Waals surface area contributed by atoms with E-state index in [4.69, 9.17) is 5.73 Å². The first-order valence-corrected chi connectivity index (χ1v) is 7.01. The number of piperidine rings is 1. The van der Waals surface area contributed by atoms with E-state index < -0.39 is 0 Å². The maximum absolute atomic E-state index is 11.5. The van der Waals surface area contributed by atoms with Gasteiger partial charge in [-0.05, 0) is 38.3 Å². The molecule has 2 heterocycles. The van der Waals surface area contributed by atoms with Gasteiger partial charge in [0.1, 0.15) is 5.69 Å². The zero-order valence-electron chi connectivity index (χ0n) is 11.5. The lowest BCUT2D eigenvalue weighted by molar-refractivity contribution is 0.391. The highest BCUT2D eigenvalue weighted by Gasteiger charge is 2.22. The first-order valence-electron chi connectivity index (χ1n) is 7.01. The number of nitrogens with zero attached hydrogens (tertiary/aromatic N) is 2. The third-order valence-electron chi connectivity index (χ3n) is 3.55. The monoisotopic (exact) mass is 265 g/mol.